The highest BCUT2D eigenvalue weighted by Gasteiger charge is 2.32. The number of rotatable bonds is 8. The number of anilines is 1. The molecular weight excluding hydrogens is 794 g/mol. The minimum Gasteiger partial charge on any atom is -0.406 e. The first-order valence-electron chi connectivity index (χ1n) is 18.0. The van der Waals surface area contributed by atoms with Crippen molar-refractivity contribution in [2.24, 2.45) is 17.6 Å². The maximum Gasteiger partial charge on any atom is 0.573 e. The predicted octanol–water partition coefficient (Wildman–Crippen LogP) is 9.09. The molecule has 0 unspecified atom stereocenters. The van der Waals surface area contributed by atoms with Crippen molar-refractivity contribution in [3.05, 3.63) is 90.3 Å². The highest BCUT2D eigenvalue weighted by Crippen LogP contribution is 2.30. The number of halogens is 7. The second-order valence-electron chi connectivity index (χ2n) is 13.1. The number of ether oxygens (including phenoxy) is 4. The van der Waals surface area contributed by atoms with Crippen LogP contribution in [0, 0.1) is 11.8 Å². The first-order valence-corrected chi connectivity index (χ1v) is 18.4. The molecule has 2 aliphatic rings. The third-order valence-corrected chi connectivity index (χ3v) is 9.21. The van der Waals surface area contributed by atoms with Crippen LogP contribution in [0.5, 0.6) is 11.5 Å². The van der Waals surface area contributed by atoms with Crippen molar-refractivity contribution in [3.63, 3.8) is 0 Å². The first-order chi connectivity index (χ1) is 27.3. The van der Waals surface area contributed by atoms with Crippen molar-refractivity contribution in [3.8, 4) is 34.0 Å². The van der Waals surface area contributed by atoms with Gasteiger partial charge in [-0.25, -0.2) is 19.0 Å². The molecule has 0 amide bonds. The summed E-state index contributed by atoms with van der Waals surface area (Å²) >= 11 is 5.82. The van der Waals surface area contributed by atoms with Crippen molar-refractivity contribution in [2.45, 2.75) is 45.8 Å². The van der Waals surface area contributed by atoms with Crippen molar-refractivity contribution >= 4 is 28.7 Å². The van der Waals surface area contributed by atoms with Gasteiger partial charge in [-0.1, -0.05) is 43.3 Å². The Morgan fingerprint density at radius 3 is 1.66 bits per heavy atom. The summed E-state index contributed by atoms with van der Waals surface area (Å²) in [6.45, 7) is 5.02. The van der Waals surface area contributed by atoms with Crippen LogP contribution in [0.15, 0.2) is 85.2 Å². The van der Waals surface area contributed by atoms with E-state index in [0.29, 0.717) is 45.5 Å². The van der Waals surface area contributed by atoms with E-state index in [4.69, 9.17) is 26.8 Å². The number of fused-ring (bicyclic) bond motifs is 2. The summed E-state index contributed by atoms with van der Waals surface area (Å²) in [6.07, 6.45) is -2.04. The Labute approximate surface area is 335 Å². The molecule has 58 heavy (non-hydrogen) atoms. The van der Waals surface area contributed by atoms with Gasteiger partial charge in [0.05, 0.1) is 23.8 Å². The summed E-state index contributed by atoms with van der Waals surface area (Å²) in [5.74, 6) is 1.36. The molecule has 2 aliphatic heterocycles. The van der Waals surface area contributed by atoms with Crippen molar-refractivity contribution in [2.75, 3.05) is 44.8 Å². The molecule has 2 fully saturated rings. The molecule has 0 radical (unpaired) electrons. The number of hydrogen-bond donors (Lipinski definition) is 2. The smallest absolute Gasteiger partial charge is 0.406 e. The number of imidazole rings is 2. The fourth-order valence-corrected chi connectivity index (χ4v) is 6.24. The highest BCUT2D eigenvalue weighted by atomic mass is 35.5. The molecule has 4 aromatic heterocycles. The molecule has 0 aliphatic carbocycles. The van der Waals surface area contributed by atoms with E-state index >= 15 is 0 Å². The maximum absolute atomic E-state index is 12.5. The molecular formula is C39H43ClF6N8O4. The Morgan fingerprint density at radius 2 is 1.17 bits per heavy atom. The van der Waals surface area contributed by atoms with Crippen LogP contribution < -0.4 is 20.5 Å². The maximum atomic E-state index is 12.5. The number of alkyl halides is 6. The average Bonchev–Trinajstić information content (AvgIpc) is 3.81. The van der Waals surface area contributed by atoms with Crippen molar-refractivity contribution < 1.29 is 45.3 Å². The van der Waals surface area contributed by atoms with Gasteiger partial charge < -0.3 is 30.0 Å². The van der Waals surface area contributed by atoms with Crippen LogP contribution in [0.1, 0.15) is 33.1 Å². The molecule has 6 heterocycles. The van der Waals surface area contributed by atoms with Crippen molar-refractivity contribution in [1.82, 2.24) is 29.2 Å². The summed E-state index contributed by atoms with van der Waals surface area (Å²) in [7, 11) is 0. The molecule has 3 N–H and O–H groups in total. The SMILES string of the molecule is C.FC(F)(F)Oc1cccc(-c2cnc3ccc(Cl)nn23)c1.FC(F)(F)Oc1cccc(-c2cnc3ccc(NCC4CCOCC4)nn23)c1.NCC1CCOCC1. The number of nitrogens with zero attached hydrogens (tertiary/aromatic N) is 6. The highest BCUT2D eigenvalue weighted by molar-refractivity contribution is 6.29. The lowest BCUT2D eigenvalue weighted by molar-refractivity contribution is -0.275. The van der Waals surface area contributed by atoms with E-state index < -0.39 is 12.7 Å². The Kier molecular flexibility index (Phi) is 15.2. The quantitative estimate of drug-likeness (QED) is 0.143. The fourth-order valence-electron chi connectivity index (χ4n) is 6.10. The molecule has 12 nitrogen and oxygen atoms in total. The zero-order valence-electron chi connectivity index (χ0n) is 30.3. The van der Waals surface area contributed by atoms with Gasteiger partial charge in [-0.15, -0.1) is 31.4 Å². The third-order valence-electron chi connectivity index (χ3n) is 9.01. The van der Waals surface area contributed by atoms with Crippen molar-refractivity contribution in [1.29, 1.82) is 0 Å². The number of hydrogen-bond acceptors (Lipinski definition) is 10. The molecule has 0 atom stereocenters. The van der Waals surface area contributed by atoms with Gasteiger partial charge in [0.25, 0.3) is 0 Å². The summed E-state index contributed by atoms with van der Waals surface area (Å²) in [5, 5.41) is 12.2. The van der Waals surface area contributed by atoms with Crippen LogP contribution in [0.2, 0.25) is 5.15 Å². The second-order valence-corrected chi connectivity index (χ2v) is 13.5. The monoisotopic (exact) mass is 836 g/mol. The van der Waals surface area contributed by atoms with E-state index in [2.05, 4.69) is 35.0 Å². The van der Waals surface area contributed by atoms with Crippen LogP contribution in [-0.4, -0.2) is 81.4 Å². The van der Waals surface area contributed by atoms with Gasteiger partial charge in [0.15, 0.2) is 11.3 Å². The molecule has 0 spiro atoms. The van der Waals surface area contributed by atoms with Crippen LogP contribution in [-0.2, 0) is 9.47 Å². The standard InChI is InChI=1S/C19H19F3N4O2.C13H7ClF3N3O.C6H13NO.CH4/c20-19(21,22)28-15-3-1-2-14(10-15)16-12-24-18-5-4-17(25-26(16)18)23-11-13-6-8-27-9-7-13;14-11-4-5-12-18-7-10(20(12)19-11)8-2-1-3-9(6-8)21-13(15,16)17;7-5-6-1-3-8-4-2-6;/h1-5,10,12-13H,6-9,11H2,(H,23,25);1-7H;6H,1-5,7H2;1H4. The molecule has 19 heteroatoms. The van der Waals surface area contributed by atoms with E-state index in [1.165, 1.54) is 47.1 Å². The largest absolute Gasteiger partial charge is 0.573 e. The summed E-state index contributed by atoms with van der Waals surface area (Å²) in [6, 6.07) is 18.3. The fraction of sp³-hybridized carbons (Fsp3) is 0.385. The number of benzene rings is 2. The lowest BCUT2D eigenvalue weighted by atomic mass is 10.0. The molecule has 0 bridgehead atoms. The van der Waals surface area contributed by atoms with Crippen LogP contribution >= 0.6 is 11.6 Å². The molecule has 2 aromatic carbocycles. The van der Waals surface area contributed by atoms with Gasteiger partial charge in [0, 0.05) is 44.1 Å². The van der Waals surface area contributed by atoms with E-state index in [-0.39, 0.29) is 24.1 Å². The molecule has 8 rings (SSSR count). The van der Waals surface area contributed by atoms with Crippen LogP contribution in [0.4, 0.5) is 32.2 Å². The molecule has 6 aromatic rings. The van der Waals surface area contributed by atoms with Gasteiger partial charge >= 0.3 is 12.7 Å². The number of nitrogens with one attached hydrogen (secondary N) is 1. The lowest BCUT2D eigenvalue weighted by Crippen LogP contribution is -2.23. The van der Waals surface area contributed by atoms with Gasteiger partial charge in [-0.3, -0.25) is 0 Å². The average molecular weight is 837 g/mol. The lowest BCUT2D eigenvalue weighted by Gasteiger charge is -2.22. The van der Waals surface area contributed by atoms with Crippen LogP contribution in [0.3, 0.4) is 0 Å². The molecule has 0 saturated carbocycles. The van der Waals surface area contributed by atoms with E-state index in [0.717, 1.165) is 71.1 Å². The first kappa shape index (κ1) is 43.9. The van der Waals surface area contributed by atoms with E-state index in [1.807, 2.05) is 12.1 Å². The zero-order valence-corrected chi connectivity index (χ0v) is 31.1. The Hall–Kier alpha value is -5.17. The minimum atomic E-state index is -4.74. The second kappa shape index (κ2) is 20.0. The van der Waals surface area contributed by atoms with Gasteiger partial charge in [0.2, 0.25) is 0 Å². The normalized spacial score (nSPS) is 15.1. The summed E-state index contributed by atoms with van der Waals surface area (Å²) in [5.41, 5.74) is 8.70. The Balaban J connectivity index is 0.000000188. The third kappa shape index (κ3) is 12.7. The summed E-state index contributed by atoms with van der Waals surface area (Å²) in [4.78, 5) is 8.40. The Morgan fingerprint density at radius 1 is 0.690 bits per heavy atom. The van der Waals surface area contributed by atoms with Crippen LogP contribution in [0.25, 0.3) is 33.8 Å². The predicted molar refractivity (Wildman–Crippen MR) is 207 cm³/mol. The molecule has 2 saturated heterocycles. The van der Waals surface area contributed by atoms with Gasteiger partial charge in [0.1, 0.15) is 22.5 Å². The van der Waals surface area contributed by atoms with E-state index in [9.17, 15) is 26.3 Å². The number of nitrogens with two attached hydrogens (primary N) is 1. The van der Waals surface area contributed by atoms with E-state index in [1.54, 1.807) is 35.0 Å². The molecule has 312 valence electrons. The number of aromatic nitrogens is 6. The zero-order chi connectivity index (χ0) is 40.4. The topological polar surface area (TPSA) is 135 Å². The van der Waals surface area contributed by atoms with Gasteiger partial charge in [-0.2, -0.15) is 5.10 Å². The minimum absolute atomic E-state index is 0. The van der Waals surface area contributed by atoms with Gasteiger partial charge in [-0.05, 0) is 92.6 Å². The Bertz CT molecular complexity index is 2200. The summed E-state index contributed by atoms with van der Waals surface area (Å²) < 4.78 is 95.7.